The Morgan fingerprint density at radius 2 is 1.96 bits per heavy atom. The summed E-state index contributed by atoms with van der Waals surface area (Å²) in [5.41, 5.74) is -0.159. The van der Waals surface area contributed by atoms with Gasteiger partial charge in [-0.05, 0) is 68.2 Å². The average molecular weight is 362 g/mol. The van der Waals surface area contributed by atoms with Crippen LogP contribution < -0.4 is 0 Å². The van der Waals surface area contributed by atoms with Crippen molar-refractivity contribution in [3.05, 3.63) is 0 Å². The van der Waals surface area contributed by atoms with Gasteiger partial charge in [0.05, 0.1) is 17.8 Å². The van der Waals surface area contributed by atoms with Crippen LogP contribution in [0.3, 0.4) is 0 Å². The summed E-state index contributed by atoms with van der Waals surface area (Å²) in [4.78, 5) is 2.73. The number of methoxy groups -OCH3 is 1. The molecule has 1 saturated heterocycles. The summed E-state index contributed by atoms with van der Waals surface area (Å²) in [6, 6.07) is 0.450. The van der Waals surface area contributed by atoms with Crippen molar-refractivity contribution in [3.63, 3.8) is 0 Å². The topological polar surface area (TPSA) is 52.9 Å². The maximum absolute atomic E-state index is 12.0. The first-order valence-electron chi connectivity index (χ1n) is 11.1. The Balaban J connectivity index is 1.62. The highest BCUT2D eigenvalue weighted by Crippen LogP contribution is 2.78. The molecule has 26 heavy (non-hydrogen) atoms. The molecule has 4 heteroatoms. The van der Waals surface area contributed by atoms with E-state index >= 15 is 0 Å². The van der Waals surface area contributed by atoms with Gasteiger partial charge in [0.25, 0.3) is 0 Å². The van der Waals surface area contributed by atoms with Crippen LogP contribution in [0.2, 0.25) is 0 Å². The average Bonchev–Trinajstić information content (AvgIpc) is 3.02. The van der Waals surface area contributed by atoms with Crippen molar-refractivity contribution in [2.45, 2.75) is 76.2 Å². The molecular weight excluding hydrogens is 326 g/mol. The molecule has 5 aliphatic carbocycles. The highest BCUT2D eigenvalue weighted by Gasteiger charge is 2.82. The zero-order valence-corrected chi connectivity index (χ0v) is 16.5. The van der Waals surface area contributed by atoms with Gasteiger partial charge < -0.3 is 14.9 Å². The number of piperidine rings is 1. The first-order valence-corrected chi connectivity index (χ1v) is 11.1. The van der Waals surface area contributed by atoms with Crippen molar-refractivity contribution < 1.29 is 14.9 Å². The van der Waals surface area contributed by atoms with Crippen LogP contribution in [0.25, 0.3) is 0 Å². The van der Waals surface area contributed by atoms with Gasteiger partial charge in [-0.25, -0.2) is 0 Å². The van der Waals surface area contributed by atoms with Crippen molar-refractivity contribution in [2.24, 2.45) is 40.4 Å². The van der Waals surface area contributed by atoms with E-state index in [9.17, 15) is 10.2 Å². The van der Waals surface area contributed by atoms with Gasteiger partial charge >= 0.3 is 0 Å². The molecule has 11 atom stereocenters. The Kier molecular flexibility index (Phi) is 3.14. The number of fused-ring (bicyclic) bond motifs is 2. The van der Waals surface area contributed by atoms with Gasteiger partial charge in [0, 0.05) is 36.9 Å². The summed E-state index contributed by atoms with van der Waals surface area (Å²) in [7, 11) is 1.92. The van der Waals surface area contributed by atoms with Gasteiger partial charge in [-0.1, -0.05) is 13.8 Å². The molecule has 4 nitrogen and oxygen atoms in total. The zero-order valence-electron chi connectivity index (χ0n) is 16.5. The minimum absolute atomic E-state index is 0.0873. The third kappa shape index (κ3) is 1.51. The number of ether oxygens (including phenoxy) is 1. The normalized spacial score (nSPS) is 65.4. The number of rotatable bonds is 2. The minimum Gasteiger partial charge on any atom is -0.392 e. The molecule has 0 radical (unpaired) electrons. The van der Waals surface area contributed by atoms with Crippen LogP contribution in [0.4, 0.5) is 0 Å². The smallest absolute Gasteiger partial charge is 0.0746 e. The Morgan fingerprint density at radius 3 is 2.69 bits per heavy atom. The number of aliphatic hydroxyl groups is 2. The largest absolute Gasteiger partial charge is 0.392 e. The van der Waals surface area contributed by atoms with Gasteiger partial charge in [-0.15, -0.1) is 0 Å². The quantitative estimate of drug-likeness (QED) is 0.792. The maximum Gasteiger partial charge on any atom is 0.0746 e. The van der Waals surface area contributed by atoms with Gasteiger partial charge in [0.15, 0.2) is 0 Å². The van der Waals surface area contributed by atoms with Crippen molar-refractivity contribution in [2.75, 3.05) is 20.2 Å². The van der Waals surface area contributed by atoms with Gasteiger partial charge in [-0.3, -0.25) is 4.90 Å². The van der Waals surface area contributed by atoms with Gasteiger partial charge in [-0.2, -0.15) is 0 Å². The fraction of sp³-hybridized carbons (Fsp3) is 1.00. The van der Waals surface area contributed by atoms with E-state index in [4.69, 9.17) is 4.74 Å². The summed E-state index contributed by atoms with van der Waals surface area (Å²) < 4.78 is 6.25. The molecule has 6 rings (SSSR count). The maximum atomic E-state index is 12.0. The fourth-order valence-electron chi connectivity index (χ4n) is 10.1. The predicted octanol–water partition coefficient (Wildman–Crippen LogP) is 2.28. The molecule has 6 fully saturated rings. The zero-order chi connectivity index (χ0) is 18.1. The van der Waals surface area contributed by atoms with E-state index in [0.717, 1.165) is 38.6 Å². The Morgan fingerprint density at radius 1 is 1.15 bits per heavy atom. The molecule has 1 aliphatic heterocycles. The van der Waals surface area contributed by atoms with Crippen molar-refractivity contribution in [1.29, 1.82) is 0 Å². The van der Waals surface area contributed by atoms with E-state index in [1.165, 1.54) is 13.0 Å². The van der Waals surface area contributed by atoms with Crippen LogP contribution in [0.5, 0.6) is 0 Å². The van der Waals surface area contributed by atoms with Crippen molar-refractivity contribution >= 4 is 0 Å². The van der Waals surface area contributed by atoms with Gasteiger partial charge in [0.1, 0.15) is 0 Å². The molecular formula is C22H35NO3. The second-order valence-corrected chi connectivity index (χ2v) is 11.0. The molecule has 0 aromatic heterocycles. The molecule has 0 amide bonds. The number of aliphatic hydroxyl groups excluding tert-OH is 1. The summed E-state index contributed by atoms with van der Waals surface area (Å²) in [6.45, 7) is 7.08. The van der Waals surface area contributed by atoms with E-state index in [-0.39, 0.29) is 17.4 Å². The number of hydrogen-bond donors (Lipinski definition) is 2. The van der Waals surface area contributed by atoms with E-state index < -0.39 is 5.60 Å². The van der Waals surface area contributed by atoms with Crippen LogP contribution in [0.1, 0.15) is 52.4 Å². The first-order chi connectivity index (χ1) is 12.4. The predicted molar refractivity (Wildman–Crippen MR) is 98.5 cm³/mol. The SMILES string of the molecule is CCN1C[C@]2(C)CC[C@H](OC)[C@@]34[C@@H]5C[C@@H]6CC[C@@](O)([C@H]5[C@H]6O)[C@@H](C[C@H]23)[C@@H]14. The van der Waals surface area contributed by atoms with E-state index in [1.54, 1.807) is 0 Å². The number of nitrogens with zero attached hydrogens (tertiary/aromatic N) is 1. The Labute approximate surface area is 157 Å². The van der Waals surface area contributed by atoms with Crippen LogP contribution in [-0.4, -0.2) is 59.2 Å². The standard InChI is InChI=1S/C22H35NO3/c1-4-23-11-20(2)7-6-16(26-3)22-13-9-12-5-8-21(25,17(13)18(12)24)14(19(22)23)10-15(20)22/h12-19,24-25H,4-11H2,1-3H3/t12-,13+,14-,15+,16-,17+,18-,19+,20-,21-,22+/m0/s1. The molecule has 0 aromatic carbocycles. The highest BCUT2D eigenvalue weighted by molar-refractivity contribution is 5.32. The summed E-state index contributed by atoms with van der Waals surface area (Å²) >= 11 is 0. The van der Waals surface area contributed by atoms with Crippen LogP contribution in [0.15, 0.2) is 0 Å². The Bertz CT molecular complexity index is 641. The monoisotopic (exact) mass is 361 g/mol. The highest BCUT2D eigenvalue weighted by atomic mass is 16.5. The summed E-state index contributed by atoms with van der Waals surface area (Å²) in [5.74, 6) is 1.89. The third-order valence-electron chi connectivity index (χ3n) is 10.6. The molecule has 146 valence electrons. The van der Waals surface area contributed by atoms with E-state index in [1.807, 2.05) is 7.11 Å². The van der Waals surface area contributed by atoms with Crippen molar-refractivity contribution in [1.82, 2.24) is 4.90 Å². The second kappa shape index (κ2) is 4.87. The lowest BCUT2D eigenvalue weighted by molar-refractivity contribution is -0.265. The minimum atomic E-state index is -0.651. The molecule has 0 aromatic rings. The molecule has 2 N–H and O–H groups in total. The lowest BCUT2D eigenvalue weighted by Crippen LogP contribution is -2.75. The molecule has 6 aliphatic rings. The van der Waals surface area contributed by atoms with Gasteiger partial charge in [0.2, 0.25) is 0 Å². The van der Waals surface area contributed by atoms with Crippen molar-refractivity contribution in [3.8, 4) is 0 Å². The van der Waals surface area contributed by atoms with E-state index in [0.29, 0.717) is 41.2 Å². The number of likely N-dealkylation sites (tertiary alicyclic amines) is 1. The second-order valence-electron chi connectivity index (χ2n) is 11.0. The summed E-state index contributed by atoms with van der Waals surface area (Å²) in [6.07, 6.45) is 6.59. The van der Waals surface area contributed by atoms with Crippen LogP contribution >= 0.6 is 0 Å². The molecule has 1 spiro atoms. The van der Waals surface area contributed by atoms with Crippen LogP contribution in [0, 0.1) is 40.4 Å². The molecule has 0 unspecified atom stereocenters. The summed E-state index contributed by atoms with van der Waals surface area (Å²) in [5, 5.41) is 23.2. The third-order valence-corrected chi connectivity index (χ3v) is 10.6. The Hall–Kier alpha value is -0.160. The molecule has 1 heterocycles. The van der Waals surface area contributed by atoms with Crippen LogP contribution in [-0.2, 0) is 4.74 Å². The lowest BCUT2D eigenvalue weighted by atomic mass is 9.43. The molecule has 7 bridgehead atoms. The first kappa shape index (κ1) is 16.8. The number of hydrogen-bond acceptors (Lipinski definition) is 4. The fourth-order valence-corrected chi connectivity index (χ4v) is 10.1. The lowest BCUT2D eigenvalue weighted by Gasteiger charge is -2.69. The molecule has 5 saturated carbocycles. The van der Waals surface area contributed by atoms with E-state index in [2.05, 4.69) is 18.7 Å².